The van der Waals surface area contributed by atoms with Crippen LogP contribution in [0.15, 0.2) is 65.3 Å². The predicted molar refractivity (Wildman–Crippen MR) is 141 cm³/mol. The Morgan fingerprint density at radius 1 is 0.824 bits per heavy atom. The van der Waals surface area contributed by atoms with Crippen LogP contribution in [0.25, 0.3) is 0 Å². The van der Waals surface area contributed by atoms with Crippen molar-refractivity contribution in [1.82, 2.24) is 0 Å². The fourth-order valence-corrected chi connectivity index (χ4v) is 3.76. The largest absolute Gasteiger partial charge is 0.504 e. The normalized spacial score (nSPS) is 11.9. The molecule has 0 unspecified atom stereocenters. The van der Waals surface area contributed by atoms with E-state index in [0.29, 0.717) is 17.5 Å². The van der Waals surface area contributed by atoms with Crippen molar-refractivity contribution in [2.24, 2.45) is 0 Å². The maximum atomic E-state index is 11.0. The van der Waals surface area contributed by atoms with Gasteiger partial charge in [0.15, 0.2) is 11.5 Å². The average molecular weight is 465 g/mol. The molecule has 2 rings (SSSR count). The summed E-state index contributed by atoms with van der Waals surface area (Å²) in [6.45, 7) is 10.6. The lowest BCUT2D eigenvalue weighted by Crippen LogP contribution is -2.02. The third-order valence-electron chi connectivity index (χ3n) is 5.94. The summed E-state index contributed by atoms with van der Waals surface area (Å²) in [6.07, 6.45) is 11.3. The molecule has 4 heteroatoms. The first-order valence-electron chi connectivity index (χ1n) is 12.0. The van der Waals surface area contributed by atoms with Crippen LogP contribution < -0.4 is 9.47 Å². The SMILES string of the molecule is COc1c(O)c(C)c(C/C=C(\C)CCC=C(C)CCC=C(C)C)c(O)c1OCc1ccccc1. The molecule has 0 atom stereocenters. The van der Waals surface area contributed by atoms with E-state index in [4.69, 9.17) is 9.47 Å². The molecule has 34 heavy (non-hydrogen) atoms. The number of rotatable bonds is 12. The van der Waals surface area contributed by atoms with Crippen molar-refractivity contribution in [2.75, 3.05) is 7.11 Å². The van der Waals surface area contributed by atoms with Gasteiger partial charge >= 0.3 is 0 Å². The lowest BCUT2D eigenvalue weighted by molar-refractivity contribution is 0.261. The van der Waals surface area contributed by atoms with Crippen molar-refractivity contribution in [3.05, 3.63) is 82.0 Å². The van der Waals surface area contributed by atoms with E-state index in [0.717, 1.165) is 31.2 Å². The van der Waals surface area contributed by atoms with Crippen LogP contribution >= 0.6 is 0 Å². The standard InChI is InChI=1S/C30H40O4/c1-21(2)12-10-13-22(3)14-11-15-23(4)18-19-26-24(5)27(31)29(33-6)30(28(26)32)34-20-25-16-8-7-9-17-25/h7-9,12,14,16-18,31-32H,10-11,13,15,19-20H2,1-6H3/b22-14?,23-18+. The fraction of sp³-hybridized carbons (Fsp3) is 0.400. The second-order valence-electron chi connectivity index (χ2n) is 9.10. The highest BCUT2D eigenvalue weighted by atomic mass is 16.5. The van der Waals surface area contributed by atoms with E-state index in [1.165, 1.54) is 23.8 Å². The first kappa shape index (κ1) is 27.1. The minimum atomic E-state index is -0.000613. The quantitative estimate of drug-likeness (QED) is 0.247. The van der Waals surface area contributed by atoms with Gasteiger partial charge in [0.1, 0.15) is 6.61 Å². The highest BCUT2D eigenvalue weighted by Gasteiger charge is 2.23. The monoisotopic (exact) mass is 464 g/mol. The summed E-state index contributed by atoms with van der Waals surface area (Å²) < 4.78 is 11.3. The number of aromatic hydroxyl groups is 2. The van der Waals surface area contributed by atoms with Crippen molar-refractivity contribution >= 4 is 0 Å². The molecular weight excluding hydrogens is 424 g/mol. The van der Waals surface area contributed by atoms with Gasteiger partial charge in [-0.1, -0.05) is 65.3 Å². The highest BCUT2D eigenvalue weighted by molar-refractivity contribution is 5.66. The van der Waals surface area contributed by atoms with Crippen LogP contribution in [0, 0.1) is 6.92 Å². The summed E-state index contributed by atoms with van der Waals surface area (Å²) in [5.41, 5.74) is 6.23. The van der Waals surface area contributed by atoms with Gasteiger partial charge in [-0.25, -0.2) is 0 Å². The molecule has 2 aromatic carbocycles. The average Bonchev–Trinajstić information content (AvgIpc) is 2.81. The Bertz CT molecular complexity index is 1030. The lowest BCUT2D eigenvalue weighted by Gasteiger charge is -2.18. The topological polar surface area (TPSA) is 58.9 Å². The van der Waals surface area contributed by atoms with Gasteiger partial charge in [0.2, 0.25) is 11.5 Å². The Morgan fingerprint density at radius 2 is 1.44 bits per heavy atom. The second-order valence-corrected chi connectivity index (χ2v) is 9.10. The van der Waals surface area contributed by atoms with E-state index in [2.05, 4.69) is 45.9 Å². The van der Waals surface area contributed by atoms with Crippen LogP contribution in [0.4, 0.5) is 0 Å². The second kappa shape index (κ2) is 13.5. The van der Waals surface area contributed by atoms with Crippen molar-refractivity contribution in [1.29, 1.82) is 0 Å². The summed E-state index contributed by atoms with van der Waals surface area (Å²) >= 11 is 0. The van der Waals surface area contributed by atoms with E-state index in [1.807, 2.05) is 30.3 Å². The Labute approximate surface area is 205 Å². The van der Waals surface area contributed by atoms with Crippen LogP contribution in [-0.4, -0.2) is 17.3 Å². The van der Waals surface area contributed by atoms with Crippen molar-refractivity contribution in [2.45, 2.75) is 73.3 Å². The van der Waals surface area contributed by atoms with Gasteiger partial charge in [-0.05, 0) is 72.3 Å². The zero-order valence-corrected chi connectivity index (χ0v) is 21.6. The van der Waals surface area contributed by atoms with Crippen LogP contribution in [0.1, 0.15) is 70.1 Å². The van der Waals surface area contributed by atoms with E-state index >= 15 is 0 Å². The van der Waals surface area contributed by atoms with Crippen molar-refractivity contribution < 1.29 is 19.7 Å². The highest BCUT2D eigenvalue weighted by Crippen LogP contribution is 2.49. The van der Waals surface area contributed by atoms with Gasteiger partial charge in [0.05, 0.1) is 7.11 Å². The van der Waals surface area contributed by atoms with Crippen LogP contribution in [0.3, 0.4) is 0 Å². The van der Waals surface area contributed by atoms with Gasteiger partial charge in [0.25, 0.3) is 0 Å². The number of phenols is 2. The lowest BCUT2D eigenvalue weighted by atomic mass is 9.99. The maximum Gasteiger partial charge on any atom is 0.207 e. The van der Waals surface area contributed by atoms with Crippen LogP contribution in [-0.2, 0) is 13.0 Å². The molecular formula is C30H40O4. The molecule has 0 saturated heterocycles. The van der Waals surface area contributed by atoms with Crippen molar-refractivity contribution in [3.8, 4) is 23.0 Å². The van der Waals surface area contributed by atoms with Gasteiger partial charge in [-0.15, -0.1) is 0 Å². The molecule has 2 aromatic rings. The van der Waals surface area contributed by atoms with E-state index in [-0.39, 0.29) is 29.6 Å². The molecule has 184 valence electrons. The summed E-state index contributed by atoms with van der Waals surface area (Å²) in [5, 5.41) is 21.7. The van der Waals surface area contributed by atoms with Crippen LogP contribution in [0.5, 0.6) is 23.0 Å². The number of methoxy groups -OCH3 is 1. The number of allylic oxidation sites excluding steroid dienone is 6. The number of hydrogen-bond donors (Lipinski definition) is 2. The fourth-order valence-electron chi connectivity index (χ4n) is 3.76. The zero-order chi connectivity index (χ0) is 25.1. The van der Waals surface area contributed by atoms with Gasteiger partial charge in [-0.2, -0.15) is 0 Å². The van der Waals surface area contributed by atoms with E-state index in [1.54, 1.807) is 6.92 Å². The molecule has 0 fully saturated rings. The van der Waals surface area contributed by atoms with Crippen molar-refractivity contribution in [3.63, 3.8) is 0 Å². The van der Waals surface area contributed by atoms with Gasteiger partial charge in [0, 0.05) is 11.1 Å². The Hall–Kier alpha value is -3.14. The Kier molecular flexibility index (Phi) is 10.8. The molecule has 0 aliphatic heterocycles. The minimum Gasteiger partial charge on any atom is -0.504 e. The molecule has 4 nitrogen and oxygen atoms in total. The van der Waals surface area contributed by atoms with E-state index < -0.39 is 0 Å². The summed E-state index contributed by atoms with van der Waals surface area (Å²) in [5.74, 6) is 0.344. The number of hydrogen-bond acceptors (Lipinski definition) is 4. The van der Waals surface area contributed by atoms with Crippen LogP contribution in [0.2, 0.25) is 0 Å². The molecule has 0 aliphatic carbocycles. The molecule has 0 saturated carbocycles. The summed E-state index contributed by atoms with van der Waals surface area (Å²) in [7, 11) is 1.46. The summed E-state index contributed by atoms with van der Waals surface area (Å²) in [4.78, 5) is 0. The number of benzene rings is 2. The minimum absolute atomic E-state index is 0.000613. The molecule has 2 N–H and O–H groups in total. The molecule has 0 heterocycles. The number of ether oxygens (including phenoxy) is 2. The maximum absolute atomic E-state index is 11.0. The van der Waals surface area contributed by atoms with Gasteiger partial charge < -0.3 is 19.7 Å². The first-order valence-corrected chi connectivity index (χ1v) is 12.0. The summed E-state index contributed by atoms with van der Waals surface area (Å²) in [6, 6.07) is 9.70. The zero-order valence-electron chi connectivity index (χ0n) is 21.6. The predicted octanol–water partition coefficient (Wildman–Crippen LogP) is 7.96. The molecule has 0 amide bonds. The molecule has 0 radical (unpaired) electrons. The van der Waals surface area contributed by atoms with Gasteiger partial charge in [-0.3, -0.25) is 0 Å². The molecule has 0 aromatic heterocycles. The molecule has 0 spiro atoms. The third kappa shape index (κ3) is 8.02. The Balaban J connectivity index is 2.11. The number of phenolic OH excluding ortho intramolecular Hbond substituents is 2. The smallest absolute Gasteiger partial charge is 0.207 e. The van der Waals surface area contributed by atoms with E-state index in [9.17, 15) is 10.2 Å². The molecule has 0 aliphatic rings. The Morgan fingerprint density at radius 3 is 2.06 bits per heavy atom. The first-order chi connectivity index (χ1) is 16.2. The molecule has 0 bridgehead atoms. The third-order valence-corrected chi connectivity index (χ3v) is 5.94.